The molecule has 1 heterocycles. The normalized spacial score (nSPS) is 10.5. The number of benzene rings is 1. The summed E-state index contributed by atoms with van der Waals surface area (Å²) in [6.07, 6.45) is 0.871. The number of oxazole rings is 1. The van der Waals surface area contributed by atoms with Crippen LogP contribution in [0, 0.1) is 0 Å². The number of hydrogen-bond donors (Lipinski definition) is 1. The number of anilines is 1. The molecule has 1 aromatic carbocycles. The number of methoxy groups -OCH3 is 1. The van der Waals surface area contributed by atoms with Gasteiger partial charge in [0.2, 0.25) is 0 Å². The molecule has 0 aliphatic rings. The molecule has 0 amide bonds. The van der Waals surface area contributed by atoms with Crippen molar-refractivity contribution >= 4 is 11.8 Å². The summed E-state index contributed by atoms with van der Waals surface area (Å²) in [6.45, 7) is 3.48. The maximum absolute atomic E-state index is 11.6. The minimum atomic E-state index is -0.195. The lowest BCUT2D eigenvalue weighted by atomic mass is 10.0. The van der Waals surface area contributed by atoms with Crippen LogP contribution in [-0.2, 0) is 6.42 Å². The quantitative estimate of drug-likeness (QED) is 0.855. The fraction of sp³-hybridized carbons (Fsp3) is 0.286. The first kappa shape index (κ1) is 13.1. The molecule has 0 spiro atoms. The molecule has 0 unspecified atom stereocenters. The Labute approximate surface area is 111 Å². The average Bonchev–Trinajstić information content (AvgIpc) is 2.80. The number of aryl methyl sites for hydroxylation is 1. The van der Waals surface area contributed by atoms with E-state index >= 15 is 0 Å². The molecule has 0 saturated heterocycles. The van der Waals surface area contributed by atoms with Crippen molar-refractivity contribution < 1.29 is 13.9 Å². The highest BCUT2D eigenvalue weighted by Gasteiger charge is 2.20. The number of rotatable bonds is 4. The number of nitrogens with zero attached hydrogens (tertiary/aromatic N) is 1. The third-order valence-corrected chi connectivity index (χ3v) is 2.89. The zero-order valence-corrected chi connectivity index (χ0v) is 11.2. The lowest BCUT2D eigenvalue weighted by Crippen LogP contribution is -1.97. The maximum atomic E-state index is 11.6. The van der Waals surface area contributed by atoms with Crippen LogP contribution < -0.4 is 10.5 Å². The molecule has 100 valence electrons. The van der Waals surface area contributed by atoms with E-state index < -0.39 is 0 Å². The summed E-state index contributed by atoms with van der Waals surface area (Å²) in [6, 6.07) is 5.71. The molecule has 5 nitrogen and oxygen atoms in total. The minimum Gasteiger partial charge on any atom is -0.496 e. The largest absolute Gasteiger partial charge is 0.496 e. The SMILES string of the molecule is CCc1ccc(OC)c(-c2oc(N)nc2C(C)=O)c1. The number of nitrogens with two attached hydrogens (primary N) is 1. The lowest BCUT2D eigenvalue weighted by Gasteiger charge is -2.08. The minimum absolute atomic E-state index is 0.0239. The van der Waals surface area contributed by atoms with Gasteiger partial charge in [0.1, 0.15) is 5.75 Å². The molecule has 5 heteroatoms. The number of carbonyl (C=O) groups is 1. The highest BCUT2D eigenvalue weighted by Crippen LogP contribution is 2.34. The van der Waals surface area contributed by atoms with Crippen LogP contribution in [-0.4, -0.2) is 17.9 Å². The number of ketones is 1. The van der Waals surface area contributed by atoms with Crippen molar-refractivity contribution in [1.82, 2.24) is 4.98 Å². The smallest absolute Gasteiger partial charge is 0.293 e. The van der Waals surface area contributed by atoms with E-state index in [2.05, 4.69) is 4.98 Å². The van der Waals surface area contributed by atoms with Gasteiger partial charge in [0.15, 0.2) is 17.2 Å². The summed E-state index contributed by atoms with van der Waals surface area (Å²) < 4.78 is 10.7. The van der Waals surface area contributed by atoms with Crippen LogP contribution in [0.25, 0.3) is 11.3 Å². The van der Waals surface area contributed by atoms with Crippen LogP contribution >= 0.6 is 0 Å². The number of Topliss-reactive ketones (excluding diaryl/α,β-unsaturated/α-hetero) is 1. The van der Waals surface area contributed by atoms with Crippen LogP contribution in [0.15, 0.2) is 22.6 Å². The Balaban J connectivity index is 2.66. The predicted molar refractivity (Wildman–Crippen MR) is 72.3 cm³/mol. The maximum Gasteiger partial charge on any atom is 0.293 e. The summed E-state index contributed by atoms with van der Waals surface area (Å²) in [7, 11) is 1.57. The zero-order valence-electron chi connectivity index (χ0n) is 11.2. The Morgan fingerprint density at radius 1 is 1.47 bits per heavy atom. The van der Waals surface area contributed by atoms with E-state index in [9.17, 15) is 4.79 Å². The number of carbonyl (C=O) groups excluding carboxylic acids is 1. The Morgan fingerprint density at radius 2 is 2.21 bits per heavy atom. The molecule has 0 saturated carbocycles. The van der Waals surface area contributed by atoms with Crippen molar-refractivity contribution in [2.24, 2.45) is 0 Å². The number of hydrogen-bond acceptors (Lipinski definition) is 5. The summed E-state index contributed by atoms with van der Waals surface area (Å²) in [5.74, 6) is 0.785. The van der Waals surface area contributed by atoms with Gasteiger partial charge in [-0.2, -0.15) is 4.98 Å². The summed E-state index contributed by atoms with van der Waals surface area (Å²) in [5.41, 5.74) is 7.57. The third kappa shape index (κ3) is 2.45. The fourth-order valence-electron chi connectivity index (χ4n) is 1.91. The number of nitrogen functional groups attached to an aromatic ring is 1. The van der Waals surface area contributed by atoms with Gasteiger partial charge in [0.25, 0.3) is 6.01 Å². The van der Waals surface area contributed by atoms with E-state index in [1.54, 1.807) is 7.11 Å². The van der Waals surface area contributed by atoms with Gasteiger partial charge in [-0.1, -0.05) is 13.0 Å². The van der Waals surface area contributed by atoms with E-state index in [4.69, 9.17) is 14.9 Å². The monoisotopic (exact) mass is 260 g/mol. The zero-order chi connectivity index (χ0) is 14.0. The van der Waals surface area contributed by atoms with E-state index in [0.717, 1.165) is 12.0 Å². The molecule has 2 N–H and O–H groups in total. The van der Waals surface area contributed by atoms with Crippen molar-refractivity contribution in [3.63, 3.8) is 0 Å². The molecule has 0 bridgehead atoms. The Bertz CT molecular complexity index is 617. The molecule has 0 aliphatic heterocycles. The van der Waals surface area contributed by atoms with Crippen LogP contribution in [0.1, 0.15) is 29.9 Å². The van der Waals surface area contributed by atoms with Crippen molar-refractivity contribution in [2.45, 2.75) is 20.3 Å². The van der Waals surface area contributed by atoms with Crippen LogP contribution in [0.4, 0.5) is 6.01 Å². The Kier molecular flexibility index (Phi) is 3.55. The number of aromatic nitrogens is 1. The molecule has 2 rings (SSSR count). The predicted octanol–water partition coefficient (Wildman–Crippen LogP) is 2.70. The van der Waals surface area contributed by atoms with E-state index in [1.807, 2.05) is 25.1 Å². The molecule has 1 aromatic heterocycles. The third-order valence-electron chi connectivity index (χ3n) is 2.89. The second-order valence-corrected chi connectivity index (χ2v) is 4.17. The van der Waals surface area contributed by atoms with Crippen LogP contribution in [0.5, 0.6) is 5.75 Å². The highest BCUT2D eigenvalue weighted by atomic mass is 16.5. The van der Waals surface area contributed by atoms with Gasteiger partial charge in [-0.3, -0.25) is 4.79 Å². The molecule has 19 heavy (non-hydrogen) atoms. The van der Waals surface area contributed by atoms with Gasteiger partial charge in [0, 0.05) is 6.92 Å². The first-order valence-electron chi connectivity index (χ1n) is 6.01. The topological polar surface area (TPSA) is 78.3 Å². The van der Waals surface area contributed by atoms with Gasteiger partial charge in [0.05, 0.1) is 12.7 Å². The molecule has 2 aromatic rings. The molecule has 0 atom stereocenters. The molecular weight excluding hydrogens is 244 g/mol. The van der Waals surface area contributed by atoms with E-state index in [-0.39, 0.29) is 17.5 Å². The van der Waals surface area contributed by atoms with Gasteiger partial charge in [-0.15, -0.1) is 0 Å². The van der Waals surface area contributed by atoms with E-state index in [1.165, 1.54) is 6.92 Å². The second-order valence-electron chi connectivity index (χ2n) is 4.17. The first-order valence-corrected chi connectivity index (χ1v) is 6.01. The molecule has 0 fully saturated rings. The van der Waals surface area contributed by atoms with Crippen molar-refractivity contribution in [2.75, 3.05) is 12.8 Å². The Morgan fingerprint density at radius 3 is 2.79 bits per heavy atom. The summed E-state index contributed by atoms with van der Waals surface area (Å²) in [4.78, 5) is 15.5. The molecule has 0 radical (unpaired) electrons. The van der Waals surface area contributed by atoms with Gasteiger partial charge < -0.3 is 14.9 Å². The van der Waals surface area contributed by atoms with Crippen LogP contribution in [0.3, 0.4) is 0 Å². The van der Waals surface area contributed by atoms with Gasteiger partial charge >= 0.3 is 0 Å². The first-order chi connectivity index (χ1) is 9.06. The highest BCUT2D eigenvalue weighted by molar-refractivity contribution is 5.98. The molecular formula is C14H16N2O3. The van der Waals surface area contributed by atoms with Crippen LogP contribution in [0.2, 0.25) is 0 Å². The number of ether oxygens (including phenoxy) is 1. The van der Waals surface area contributed by atoms with Gasteiger partial charge in [-0.25, -0.2) is 0 Å². The average molecular weight is 260 g/mol. The Hall–Kier alpha value is -2.30. The van der Waals surface area contributed by atoms with E-state index in [0.29, 0.717) is 17.1 Å². The lowest BCUT2D eigenvalue weighted by molar-refractivity contribution is 0.101. The second kappa shape index (κ2) is 5.14. The summed E-state index contributed by atoms with van der Waals surface area (Å²) in [5, 5.41) is 0. The molecule has 0 aliphatic carbocycles. The summed E-state index contributed by atoms with van der Waals surface area (Å²) >= 11 is 0. The standard InChI is InChI=1S/C14H16N2O3/c1-4-9-5-6-11(18-3)10(7-9)13-12(8(2)17)16-14(15)19-13/h5-7H,4H2,1-3H3,(H2,15,16). The fourth-order valence-corrected chi connectivity index (χ4v) is 1.91. The van der Waals surface area contributed by atoms with Crippen molar-refractivity contribution in [1.29, 1.82) is 0 Å². The van der Waals surface area contributed by atoms with Crippen molar-refractivity contribution in [3.8, 4) is 17.1 Å². The van der Waals surface area contributed by atoms with Gasteiger partial charge in [-0.05, 0) is 24.1 Å². The van der Waals surface area contributed by atoms with Crippen molar-refractivity contribution in [3.05, 3.63) is 29.5 Å².